The van der Waals surface area contributed by atoms with Crippen molar-refractivity contribution in [2.24, 2.45) is 0 Å². The van der Waals surface area contributed by atoms with Crippen molar-refractivity contribution in [3.05, 3.63) is 30.0 Å². The molecule has 0 saturated carbocycles. The monoisotopic (exact) mass is 213 g/mol. The Kier molecular flexibility index (Phi) is 3.16. The van der Waals surface area contributed by atoms with Crippen LogP contribution in [0.25, 0.3) is 10.9 Å². The number of aromatic amines is 1. The smallest absolute Gasteiger partial charge is 0.142 e. The molecule has 1 aromatic heterocycles. The maximum Gasteiger partial charge on any atom is 0.142 e. The fourth-order valence-electron chi connectivity index (χ4n) is 1.88. The van der Waals surface area contributed by atoms with Gasteiger partial charge in [0.25, 0.3) is 0 Å². The predicted octanol–water partition coefficient (Wildman–Crippen LogP) is 3.13. The first-order valence-electron chi connectivity index (χ1n) is 5.39. The zero-order valence-electron chi connectivity index (χ0n) is 9.63. The van der Waals surface area contributed by atoms with Crippen LogP contribution in [-0.4, -0.2) is 12.1 Å². The second kappa shape index (κ2) is 4.76. The van der Waals surface area contributed by atoms with Crippen molar-refractivity contribution < 1.29 is 4.74 Å². The largest absolute Gasteiger partial charge is 0.495 e. The van der Waals surface area contributed by atoms with Crippen molar-refractivity contribution in [1.29, 1.82) is 0 Å². The number of rotatable bonds is 3. The molecule has 0 aliphatic heterocycles. The number of nitrogens with one attached hydrogen (secondary N) is 1. The van der Waals surface area contributed by atoms with Crippen LogP contribution in [0.2, 0.25) is 0 Å². The van der Waals surface area contributed by atoms with Crippen molar-refractivity contribution in [1.82, 2.24) is 4.98 Å². The number of para-hydroxylation sites is 1. The minimum absolute atomic E-state index is 0.894. The molecule has 1 heterocycles. The Balaban J connectivity index is 2.36. The Morgan fingerprint density at radius 3 is 3.00 bits per heavy atom. The number of aromatic nitrogens is 1. The summed E-state index contributed by atoms with van der Waals surface area (Å²) >= 11 is 0. The van der Waals surface area contributed by atoms with E-state index in [9.17, 15) is 0 Å². The van der Waals surface area contributed by atoms with E-state index < -0.39 is 0 Å². The lowest BCUT2D eigenvalue weighted by atomic mass is 10.1. The van der Waals surface area contributed by atoms with Gasteiger partial charge in [-0.1, -0.05) is 12.1 Å². The van der Waals surface area contributed by atoms with Gasteiger partial charge >= 0.3 is 0 Å². The first-order chi connectivity index (χ1) is 7.86. The van der Waals surface area contributed by atoms with Crippen LogP contribution in [0, 0.1) is 11.8 Å². The van der Waals surface area contributed by atoms with Crippen molar-refractivity contribution in [3.8, 4) is 17.6 Å². The van der Waals surface area contributed by atoms with Gasteiger partial charge in [-0.3, -0.25) is 0 Å². The van der Waals surface area contributed by atoms with Crippen LogP contribution in [0.15, 0.2) is 24.4 Å². The molecule has 82 valence electrons. The molecule has 0 radical (unpaired) electrons. The Bertz CT molecular complexity index is 543. The van der Waals surface area contributed by atoms with Gasteiger partial charge in [0, 0.05) is 18.0 Å². The quantitative estimate of drug-likeness (QED) is 0.778. The summed E-state index contributed by atoms with van der Waals surface area (Å²) in [6, 6.07) is 6.10. The number of methoxy groups -OCH3 is 1. The molecule has 0 fully saturated rings. The van der Waals surface area contributed by atoms with Crippen molar-refractivity contribution >= 4 is 10.9 Å². The highest BCUT2D eigenvalue weighted by atomic mass is 16.5. The highest BCUT2D eigenvalue weighted by molar-refractivity contribution is 5.88. The van der Waals surface area contributed by atoms with E-state index in [1.54, 1.807) is 7.11 Å². The molecule has 0 bridgehead atoms. The van der Waals surface area contributed by atoms with E-state index in [0.717, 1.165) is 24.1 Å². The third-order valence-corrected chi connectivity index (χ3v) is 2.68. The zero-order chi connectivity index (χ0) is 11.4. The molecule has 0 unspecified atom stereocenters. The normalized spacial score (nSPS) is 9.88. The van der Waals surface area contributed by atoms with E-state index in [1.807, 2.05) is 25.3 Å². The second-order valence-corrected chi connectivity index (χ2v) is 3.62. The lowest BCUT2D eigenvalue weighted by molar-refractivity contribution is 0.419. The molecule has 2 nitrogen and oxygen atoms in total. The van der Waals surface area contributed by atoms with Gasteiger partial charge in [0.15, 0.2) is 0 Å². The van der Waals surface area contributed by atoms with Gasteiger partial charge in [-0.05, 0) is 25.0 Å². The topological polar surface area (TPSA) is 25.0 Å². The summed E-state index contributed by atoms with van der Waals surface area (Å²) in [6.45, 7) is 1.87. The molecule has 2 rings (SSSR count). The van der Waals surface area contributed by atoms with E-state index >= 15 is 0 Å². The zero-order valence-corrected chi connectivity index (χ0v) is 9.63. The molecule has 0 aliphatic rings. The fourth-order valence-corrected chi connectivity index (χ4v) is 1.88. The highest BCUT2D eigenvalue weighted by Gasteiger charge is 2.06. The Morgan fingerprint density at radius 1 is 1.38 bits per heavy atom. The molecule has 0 aliphatic carbocycles. The summed E-state index contributed by atoms with van der Waals surface area (Å²) in [4.78, 5) is 3.26. The van der Waals surface area contributed by atoms with E-state index in [1.165, 1.54) is 10.9 Å². The van der Waals surface area contributed by atoms with E-state index in [0.29, 0.717) is 0 Å². The molecular formula is C14H15NO. The van der Waals surface area contributed by atoms with Gasteiger partial charge < -0.3 is 9.72 Å². The van der Waals surface area contributed by atoms with Crippen LogP contribution in [0.4, 0.5) is 0 Å². The Labute approximate surface area is 95.6 Å². The Morgan fingerprint density at radius 2 is 2.25 bits per heavy atom. The van der Waals surface area contributed by atoms with Gasteiger partial charge in [-0.15, -0.1) is 11.8 Å². The first-order valence-corrected chi connectivity index (χ1v) is 5.39. The Hall–Kier alpha value is -1.88. The minimum Gasteiger partial charge on any atom is -0.495 e. The van der Waals surface area contributed by atoms with Crippen LogP contribution >= 0.6 is 0 Å². The number of benzene rings is 1. The maximum absolute atomic E-state index is 5.31. The first kappa shape index (κ1) is 10.6. The highest BCUT2D eigenvalue weighted by Crippen LogP contribution is 2.27. The van der Waals surface area contributed by atoms with E-state index in [4.69, 9.17) is 4.74 Å². The molecule has 0 spiro atoms. The SMILES string of the molecule is CC#CCCc1c[nH]c2c(OC)cccc12. The number of H-pyrrole nitrogens is 1. The van der Waals surface area contributed by atoms with Crippen LogP contribution < -0.4 is 4.74 Å². The number of hydrogen-bond donors (Lipinski definition) is 1. The van der Waals surface area contributed by atoms with Crippen LogP contribution in [0.1, 0.15) is 18.9 Å². The summed E-state index contributed by atoms with van der Waals surface area (Å²) in [7, 11) is 1.69. The number of ether oxygens (including phenoxy) is 1. The van der Waals surface area contributed by atoms with Gasteiger partial charge in [0.05, 0.1) is 12.6 Å². The number of fused-ring (bicyclic) bond motifs is 1. The summed E-state index contributed by atoms with van der Waals surface area (Å²) in [5.74, 6) is 6.89. The summed E-state index contributed by atoms with van der Waals surface area (Å²) in [5.41, 5.74) is 2.38. The molecule has 0 atom stereocenters. The van der Waals surface area contributed by atoms with Gasteiger partial charge in [-0.2, -0.15) is 0 Å². The van der Waals surface area contributed by atoms with E-state index in [-0.39, 0.29) is 0 Å². The van der Waals surface area contributed by atoms with Crippen molar-refractivity contribution in [2.75, 3.05) is 7.11 Å². The van der Waals surface area contributed by atoms with Gasteiger partial charge in [0.2, 0.25) is 0 Å². The third kappa shape index (κ3) is 1.90. The molecule has 0 amide bonds. The van der Waals surface area contributed by atoms with E-state index in [2.05, 4.69) is 22.9 Å². The standard InChI is InChI=1S/C14H15NO/c1-3-4-5-7-11-10-15-14-12(11)8-6-9-13(14)16-2/h6,8-10,15H,5,7H2,1-2H3. The average molecular weight is 213 g/mol. The lowest BCUT2D eigenvalue weighted by Crippen LogP contribution is -1.84. The summed E-state index contributed by atoms with van der Waals surface area (Å²) in [5, 5.41) is 1.23. The van der Waals surface area contributed by atoms with Crippen LogP contribution in [-0.2, 0) is 6.42 Å². The molecule has 1 N–H and O–H groups in total. The molecule has 2 heteroatoms. The minimum atomic E-state index is 0.894. The number of aryl methyl sites for hydroxylation is 1. The van der Waals surface area contributed by atoms with Crippen LogP contribution in [0.3, 0.4) is 0 Å². The van der Waals surface area contributed by atoms with Crippen molar-refractivity contribution in [2.45, 2.75) is 19.8 Å². The maximum atomic E-state index is 5.31. The molecule has 1 aromatic carbocycles. The predicted molar refractivity (Wildman–Crippen MR) is 66.6 cm³/mol. The van der Waals surface area contributed by atoms with Crippen LogP contribution in [0.5, 0.6) is 5.75 Å². The lowest BCUT2D eigenvalue weighted by Gasteiger charge is -2.01. The average Bonchev–Trinajstić information content (AvgIpc) is 2.73. The molecular weight excluding hydrogens is 198 g/mol. The third-order valence-electron chi connectivity index (χ3n) is 2.68. The molecule has 2 aromatic rings. The summed E-state index contributed by atoms with van der Waals surface area (Å²) < 4.78 is 5.31. The number of hydrogen-bond acceptors (Lipinski definition) is 1. The molecule has 0 saturated heterocycles. The van der Waals surface area contributed by atoms with Crippen molar-refractivity contribution in [3.63, 3.8) is 0 Å². The fraction of sp³-hybridized carbons (Fsp3) is 0.286. The summed E-state index contributed by atoms with van der Waals surface area (Å²) in [6.07, 6.45) is 3.93. The van der Waals surface area contributed by atoms with Gasteiger partial charge in [0.1, 0.15) is 5.75 Å². The molecule has 16 heavy (non-hydrogen) atoms. The second-order valence-electron chi connectivity index (χ2n) is 3.62. The van der Waals surface area contributed by atoms with Gasteiger partial charge in [-0.25, -0.2) is 0 Å².